The van der Waals surface area contributed by atoms with E-state index in [1.54, 1.807) is 18.6 Å². The molecule has 0 fully saturated rings. The van der Waals surface area contributed by atoms with Crippen molar-refractivity contribution in [3.63, 3.8) is 0 Å². The van der Waals surface area contributed by atoms with E-state index in [1.807, 2.05) is 13.1 Å². The van der Waals surface area contributed by atoms with Gasteiger partial charge in [0, 0.05) is 18.4 Å². The number of ether oxygens (including phenoxy) is 1. The molecule has 2 aliphatic heterocycles. The number of anilines is 1. The number of nitrogens with zero attached hydrogens (tertiary/aromatic N) is 2. The third-order valence-corrected chi connectivity index (χ3v) is 4.14. The predicted octanol–water partition coefficient (Wildman–Crippen LogP) is 2.11. The average molecular weight is 393 g/mol. The van der Waals surface area contributed by atoms with Gasteiger partial charge in [0.05, 0.1) is 24.1 Å². The van der Waals surface area contributed by atoms with Crippen molar-refractivity contribution in [3.05, 3.63) is 59.5 Å². The Morgan fingerprint density at radius 1 is 1.29 bits per heavy atom. The van der Waals surface area contributed by atoms with Gasteiger partial charge in [0.2, 0.25) is 0 Å². The van der Waals surface area contributed by atoms with E-state index in [2.05, 4.69) is 20.4 Å². The highest BCUT2D eigenvalue weighted by atomic mass is 19.4. The number of dihydropyridines is 1. The van der Waals surface area contributed by atoms with Crippen LogP contribution < -0.4 is 26.2 Å². The first-order valence-electron chi connectivity index (χ1n) is 8.31. The van der Waals surface area contributed by atoms with Crippen LogP contribution in [0, 0.1) is 0 Å². The number of aliphatic imine (C=N–C) groups is 1. The number of hydrogen-bond donors (Lipinski definition) is 3. The van der Waals surface area contributed by atoms with Crippen LogP contribution in [0.4, 0.5) is 18.9 Å². The number of rotatable bonds is 4. The molecule has 1 amide bonds. The summed E-state index contributed by atoms with van der Waals surface area (Å²) in [5.41, 5.74) is 2.34. The largest absolute Gasteiger partial charge is 0.573 e. The minimum absolute atomic E-state index is 0.0251. The summed E-state index contributed by atoms with van der Waals surface area (Å²) >= 11 is 0. The number of carbonyl (C=O) groups is 1. The summed E-state index contributed by atoms with van der Waals surface area (Å²) in [7, 11) is 0. The number of carbonyl (C=O) groups excluding carboxylic acids is 1. The van der Waals surface area contributed by atoms with Crippen LogP contribution in [-0.4, -0.2) is 31.2 Å². The summed E-state index contributed by atoms with van der Waals surface area (Å²) < 4.78 is 40.5. The van der Waals surface area contributed by atoms with Gasteiger partial charge in [-0.2, -0.15) is 0 Å². The van der Waals surface area contributed by atoms with Crippen molar-refractivity contribution in [1.82, 2.24) is 10.6 Å². The van der Waals surface area contributed by atoms with Crippen molar-refractivity contribution >= 4 is 17.9 Å². The molecule has 10 heteroatoms. The Kier molecular flexibility index (Phi) is 5.41. The SMILES string of the molecule is CC1NC=C(C(=O)N(N)c2ccc(OC(F)(F)F)cc2)C=C1C1=CNC=NC1. The van der Waals surface area contributed by atoms with Crippen molar-refractivity contribution in [3.8, 4) is 5.75 Å². The quantitative estimate of drug-likeness (QED) is 0.414. The van der Waals surface area contributed by atoms with E-state index in [0.717, 1.165) is 28.3 Å². The van der Waals surface area contributed by atoms with Crippen molar-refractivity contribution in [2.24, 2.45) is 10.8 Å². The first-order valence-corrected chi connectivity index (χ1v) is 8.31. The number of hydrazine groups is 1. The van der Waals surface area contributed by atoms with Crippen LogP contribution in [0.5, 0.6) is 5.75 Å². The second kappa shape index (κ2) is 7.77. The molecule has 0 aromatic heterocycles. The lowest BCUT2D eigenvalue weighted by Gasteiger charge is -2.26. The maximum Gasteiger partial charge on any atom is 0.573 e. The Balaban J connectivity index is 1.75. The molecule has 4 N–H and O–H groups in total. The first kappa shape index (κ1) is 19.5. The second-order valence-corrected chi connectivity index (χ2v) is 6.11. The summed E-state index contributed by atoms with van der Waals surface area (Å²) in [5, 5.41) is 6.88. The highest BCUT2D eigenvalue weighted by Crippen LogP contribution is 2.26. The van der Waals surface area contributed by atoms with Gasteiger partial charge in [0.1, 0.15) is 5.75 Å². The van der Waals surface area contributed by atoms with Crippen LogP contribution in [0.2, 0.25) is 0 Å². The third-order valence-electron chi connectivity index (χ3n) is 4.14. The standard InChI is InChI=1S/C18H18F3N5O2/c1-11-16(13-7-23-10-24-8-13)6-12(9-25-11)17(27)26(22)14-2-4-15(5-3-14)28-18(19,20)21/h2-7,9-11,25H,8,22H2,1H3,(H,23,24). The van der Waals surface area contributed by atoms with Gasteiger partial charge < -0.3 is 15.4 Å². The fourth-order valence-electron chi connectivity index (χ4n) is 2.75. The molecular weight excluding hydrogens is 375 g/mol. The average Bonchev–Trinajstić information content (AvgIpc) is 2.67. The van der Waals surface area contributed by atoms with Crippen LogP contribution in [0.25, 0.3) is 0 Å². The number of amides is 1. The number of nitrogens with one attached hydrogen (secondary N) is 2. The summed E-state index contributed by atoms with van der Waals surface area (Å²) in [6, 6.07) is 4.69. The predicted molar refractivity (Wildman–Crippen MR) is 98.1 cm³/mol. The normalized spacial score (nSPS) is 18.9. The molecule has 1 aromatic carbocycles. The first-order chi connectivity index (χ1) is 13.2. The fraction of sp³-hybridized carbons (Fsp3) is 0.222. The molecule has 2 heterocycles. The van der Waals surface area contributed by atoms with E-state index >= 15 is 0 Å². The summed E-state index contributed by atoms with van der Waals surface area (Å²) in [4.78, 5) is 16.9. The number of benzene rings is 1. The molecule has 0 bridgehead atoms. The molecule has 1 atom stereocenters. The van der Waals surface area contributed by atoms with Crippen molar-refractivity contribution < 1.29 is 22.7 Å². The molecule has 0 radical (unpaired) electrons. The topological polar surface area (TPSA) is 92.0 Å². The maximum atomic E-state index is 12.7. The van der Waals surface area contributed by atoms with Gasteiger partial charge in [0.25, 0.3) is 5.91 Å². The van der Waals surface area contributed by atoms with Gasteiger partial charge in [0.15, 0.2) is 0 Å². The molecule has 7 nitrogen and oxygen atoms in total. The molecule has 1 aromatic rings. The number of alkyl halides is 3. The Hall–Kier alpha value is -3.27. The monoisotopic (exact) mass is 393 g/mol. The fourth-order valence-corrected chi connectivity index (χ4v) is 2.75. The number of hydrogen-bond acceptors (Lipinski definition) is 6. The van der Waals surface area contributed by atoms with Crippen molar-refractivity contribution in [2.45, 2.75) is 19.3 Å². The van der Waals surface area contributed by atoms with Crippen LogP contribution in [0.1, 0.15) is 6.92 Å². The van der Waals surface area contributed by atoms with E-state index in [4.69, 9.17) is 5.84 Å². The van der Waals surface area contributed by atoms with Crippen LogP contribution >= 0.6 is 0 Å². The Labute approximate surface area is 159 Å². The zero-order valence-corrected chi connectivity index (χ0v) is 14.8. The maximum absolute atomic E-state index is 12.7. The molecule has 2 aliphatic rings. The minimum atomic E-state index is -4.79. The second-order valence-electron chi connectivity index (χ2n) is 6.11. The summed E-state index contributed by atoms with van der Waals surface area (Å²) in [6.45, 7) is 2.43. The molecule has 0 spiro atoms. The van der Waals surface area contributed by atoms with E-state index in [0.29, 0.717) is 12.1 Å². The van der Waals surface area contributed by atoms with Gasteiger partial charge in [-0.15, -0.1) is 13.2 Å². The van der Waals surface area contributed by atoms with Gasteiger partial charge in [-0.3, -0.25) is 9.79 Å². The highest BCUT2D eigenvalue weighted by molar-refractivity contribution is 6.07. The smallest absolute Gasteiger partial charge is 0.406 e. The lowest BCUT2D eigenvalue weighted by molar-refractivity contribution is -0.274. The summed E-state index contributed by atoms with van der Waals surface area (Å²) in [5.74, 6) is 4.96. The number of nitrogens with two attached hydrogens (primary N) is 1. The lowest BCUT2D eigenvalue weighted by Crippen LogP contribution is -2.40. The van der Waals surface area contributed by atoms with Crippen molar-refractivity contribution in [1.29, 1.82) is 0 Å². The Bertz CT molecular complexity index is 872. The zero-order valence-electron chi connectivity index (χ0n) is 14.8. The molecule has 3 rings (SSSR count). The van der Waals surface area contributed by atoms with Gasteiger partial charge in [-0.25, -0.2) is 10.9 Å². The molecule has 28 heavy (non-hydrogen) atoms. The van der Waals surface area contributed by atoms with Crippen LogP contribution in [-0.2, 0) is 4.79 Å². The summed E-state index contributed by atoms with van der Waals surface area (Å²) in [6.07, 6.45) is 1.88. The molecule has 0 aliphatic carbocycles. The van der Waals surface area contributed by atoms with E-state index < -0.39 is 18.0 Å². The highest BCUT2D eigenvalue weighted by Gasteiger charge is 2.31. The van der Waals surface area contributed by atoms with Crippen LogP contribution in [0.3, 0.4) is 0 Å². The molecule has 0 saturated heterocycles. The van der Waals surface area contributed by atoms with E-state index in [-0.39, 0.29) is 11.7 Å². The van der Waals surface area contributed by atoms with Gasteiger partial charge in [-0.05, 0) is 48.4 Å². The lowest BCUT2D eigenvalue weighted by atomic mass is 9.94. The zero-order chi connectivity index (χ0) is 20.3. The van der Waals surface area contributed by atoms with Gasteiger partial charge >= 0.3 is 6.36 Å². The minimum Gasteiger partial charge on any atom is -0.406 e. The van der Waals surface area contributed by atoms with E-state index in [1.165, 1.54) is 12.1 Å². The van der Waals surface area contributed by atoms with Crippen molar-refractivity contribution in [2.75, 3.05) is 11.6 Å². The van der Waals surface area contributed by atoms with E-state index in [9.17, 15) is 18.0 Å². The Morgan fingerprint density at radius 2 is 2.00 bits per heavy atom. The molecule has 1 unspecified atom stereocenters. The molecule has 148 valence electrons. The van der Waals surface area contributed by atoms with Gasteiger partial charge in [-0.1, -0.05) is 0 Å². The third kappa shape index (κ3) is 4.52. The molecular formula is C18H18F3N5O2. The van der Waals surface area contributed by atoms with Crippen LogP contribution in [0.15, 0.2) is 64.5 Å². The Morgan fingerprint density at radius 3 is 2.61 bits per heavy atom. The molecule has 0 saturated carbocycles. The number of halogens is 3.